The molecule has 4 heteroatoms. The first-order chi connectivity index (χ1) is 5.41. The van der Waals surface area contributed by atoms with Crippen LogP contribution in [0.3, 0.4) is 0 Å². The lowest BCUT2D eigenvalue weighted by Crippen LogP contribution is -1.99. The Kier molecular flexibility index (Phi) is 15.6. The SMILES string of the molecule is C=COC(=O)C(=C)C.CN(C)C.Cl. The normalized spacial score (nSPS) is 7.46. The summed E-state index contributed by atoms with van der Waals surface area (Å²) >= 11 is 0. The Labute approximate surface area is 86.5 Å². The predicted molar refractivity (Wildman–Crippen MR) is 58.0 cm³/mol. The number of halogens is 1. The second-order valence-corrected chi connectivity index (χ2v) is 2.69. The van der Waals surface area contributed by atoms with Crippen LogP contribution in [0.4, 0.5) is 0 Å². The minimum atomic E-state index is -0.431. The van der Waals surface area contributed by atoms with E-state index in [0.717, 1.165) is 6.26 Å². The van der Waals surface area contributed by atoms with Crippen molar-refractivity contribution in [2.75, 3.05) is 21.1 Å². The van der Waals surface area contributed by atoms with Gasteiger partial charge in [0, 0.05) is 5.57 Å². The molecule has 0 amide bonds. The van der Waals surface area contributed by atoms with E-state index in [-0.39, 0.29) is 12.4 Å². The van der Waals surface area contributed by atoms with Crippen molar-refractivity contribution in [3.63, 3.8) is 0 Å². The van der Waals surface area contributed by atoms with E-state index in [1.807, 2.05) is 26.0 Å². The smallest absolute Gasteiger partial charge is 0.337 e. The minimum absolute atomic E-state index is 0. The Balaban J connectivity index is -0.000000173. The first kappa shape index (κ1) is 18.1. The van der Waals surface area contributed by atoms with Crippen molar-refractivity contribution in [3.05, 3.63) is 25.0 Å². The van der Waals surface area contributed by atoms with Crippen molar-refractivity contribution in [2.45, 2.75) is 6.92 Å². The van der Waals surface area contributed by atoms with Gasteiger partial charge >= 0.3 is 5.97 Å². The fourth-order valence-electron chi connectivity index (χ4n) is 0.176. The van der Waals surface area contributed by atoms with Crippen molar-refractivity contribution in [1.82, 2.24) is 4.90 Å². The van der Waals surface area contributed by atoms with Gasteiger partial charge in [0.05, 0.1) is 6.26 Å². The standard InChI is InChI=1S/C6H8O2.C3H9N.ClH/c1-4-8-6(7)5(2)3;1-4(2)3;/h4H,1-2H2,3H3;1-3H3;1H. The number of hydrogen-bond acceptors (Lipinski definition) is 3. The molecule has 0 fully saturated rings. The highest BCUT2D eigenvalue weighted by Gasteiger charge is 1.97. The van der Waals surface area contributed by atoms with Crippen LogP contribution in [-0.2, 0) is 9.53 Å². The Morgan fingerprint density at radius 2 is 1.69 bits per heavy atom. The third-order valence-electron chi connectivity index (χ3n) is 0.539. The van der Waals surface area contributed by atoms with Crippen molar-refractivity contribution in [3.8, 4) is 0 Å². The molecule has 0 aliphatic rings. The van der Waals surface area contributed by atoms with Crippen LogP contribution in [0.1, 0.15) is 6.92 Å². The van der Waals surface area contributed by atoms with E-state index in [1.165, 1.54) is 0 Å². The Morgan fingerprint density at radius 1 is 1.38 bits per heavy atom. The number of ether oxygens (including phenoxy) is 1. The van der Waals surface area contributed by atoms with E-state index in [0.29, 0.717) is 5.57 Å². The van der Waals surface area contributed by atoms with Gasteiger partial charge in [0.1, 0.15) is 0 Å². The highest BCUT2D eigenvalue weighted by molar-refractivity contribution is 5.87. The Hall–Kier alpha value is -0.800. The van der Waals surface area contributed by atoms with Crippen molar-refractivity contribution >= 4 is 18.4 Å². The highest BCUT2D eigenvalue weighted by Crippen LogP contribution is 1.90. The number of carbonyl (C=O) groups is 1. The Bertz CT molecular complexity index is 164. The maximum atomic E-state index is 10.3. The monoisotopic (exact) mass is 207 g/mol. The third-order valence-corrected chi connectivity index (χ3v) is 0.539. The summed E-state index contributed by atoms with van der Waals surface area (Å²) in [6.07, 6.45) is 1.08. The van der Waals surface area contributed by atoms with Gasteiger partial charge in [-0.25, -0.2) is 4.79 Å². The number of carbonyl (C=O) groups excluding carboxylic acids is 1. The second-order valence-electron chi connectivity index (χ2n) is 2.69. The van der Waals surface area contributed by atoms with Gasteiger partial charge in [-0.05, 0) is 28.1 Å². The molecule has 13 heavy (non-hydrogen) atoms. The summed E-state index contributed by atoms with van der Waals surface area (Å²) in [5, 5.41) is 0. The van der Waals surface area contributed by atoms with E-state index >= 15 is 0 Å². The lowest BCUT2D eigenvalue weighted by atomic mass is 10.4. The van der Waals surface area contributed by atoms with Crippen molar-refractivity contribution in [1.29, 1.82) is 0 Å². The molecule has 0 rings (SSSR count). The summed E-state index contributed by atoms with van der Waals surface area (Å²) in [4.78, 5) is 12.3. The molecule has 0 radical (unpaired) electrons. The average Bonchev–Trinajstić information content (AvgIpc) is 1.86. The summed E-state index contributed by atoms with van der Waals surface area (Å²) in [6.45, 7) is 8.13. The van der Waals surface area contributed by atoms with Gasteiger partial charge in [0.2, 0.25) is 0 Å². The zero-order valence-electron chi connectivity index (χ0n) is 8.66. The van der Waals surface area contributed by atoms with Crippen LogP contribution < -0.4 is 0 Å². The molecule has 0 aliphatic heterocycles. The molecule has 0 saturated heterocycles. The van der Waals surface area contributed by atoms with Crippen LogP contribution in [0.2, 0.25) is 0 Å². The van der Waals surface area contributed by atoms with Crippen LogP contribution in [0.25, 0.3) is 0 Å². The van der Waals surface area contributed by atoms with Crippen LogP contribution in [0, 0.1) is 0 Å². The maximum Gasteiger partial charge on any atom is 0.337 e. The van der Waals surface area contributed by atoms with Crippen molar-refractivity contribution < 1.29 is 9.53 Å². The summed E-state index contributed by atoms with van der Waals surface area (Å²) in [6, 6.07) is 0. The van der Waals surface area contributed by atoms with E-state index in [9.17, 15) is 4.79 Å². The molecule has 0 aliphatic carbocycles. The molecule has 0 bridgehead atoms. The summed E-state index contributed by atoms with van der Waals surface area (Å²) in [5.41, 5.74) is 0.380. The van der Waals surface area contributed by atoms with E-state index in [4.69, 9.17) is 0 Å². The molecule has 0 unspecified atom stereocenters. The molecule has 0 atom stereocenters. The van der Waals surface area contributed by atoms with Gasteiger partial charge in [-0.1, -0.05) is 13.2 Å². The average molecular weight is 208 g/mol. The Morgan fingerprint density at radius 3 is 1.77 bits per heavy atom. The molecule has 0 N–H and O–H groups in total. The van der Waals surface area contributed by atoms with Gasteiger partial charge in [-0.15, -0.1) is 12.4 Å². The molecule has 0 saturated carbocycles. The lowest BCUT2D eigenvalue weighted by Gasteiger charge is -1.92. The largest absolute Gasteiger partial charge is 0.432 e. The van der Waals surface area contributed by atoms with Crippen LogP contribution >= 0.6 is 12.4 Å². The van der Waals surface area contributed by atoms with Gasteiger partial charge in [-0.3, -0.25) is 0 Å². The fraction of sp³-hybridized carbons (Fsp3) is 0.444. The van der Waals surface area contributed by atoms with Crippen LogP contribution in [0.15, 0.2) is 25.0 Å². The molecule has 0 aromatic heterocycles. The predicted octanol–water partition coefficient (Wildman–Crippen LogP) is 1.85. The number of nitrogens with zero attached hydrogens (tertiary/aromatic N) is 1. The molecular weight excluding hydrogens is 190 g/mol. The first-order valence-corrected chi connectivity index (χ1v) is 3.50. The lowest BCUT2D eigenvalue weighted by molar-refractivity contribution is -0.133. The topological polar surface area (TPSA) is 29.5 Å². The maximum absolute atomic E-state index is 10.3. The molecular formula is C9H18ClNO2. The fourth-order valence-corrected chi connectivity index (χ4v) is 0.176. The molecule has 3 nitrogen and oxygen atoms in total. The molecule has 0 aromatic rings. The van der Waals surface area contributed by atoms with Crippen molar-refractivity contribution in [2.24, 2.45) is 0 Å². The van der Waals surface area contributed by atoms with Gasteiger partial charge < -0.3 is 9.64 Å². The number of esters is 1. The molecule has 78 valence electrons. The van der Waals surface area contributed by atoms with Crippen LogP contribution in [-0.4, -0.2) is 32.0 Å². The second kappa shape index (κ2) is 11.2. The quantitative estimate of drug-likeness (QED) is 0.393. The first-order valence-electron chi connectivity index (χ1n) is 3.50. The van der Waals surface area contributed by atoms with E-state index in [1.54, 1.807) is 6.92 Å². The summed E-state index contributed by atoms with van der Waals surface area (Å²) in [5.74, 6) is -0.431. The van der Waals surface area contributed by atoms with Gasteiger partial charge in [-0.2, -0.15) is 0 Å². The van der Waals surface area contributed by atoms with E-state index in [2.05, 4.69) is 17.9 Å². The van der Waals surface area contributed by atoms with Gasteiger partial charge in [0.15, 0.2) is 0 Å². The molecule has 0 spiro atoms. The van der Waals surface area contributed by atoms with Crippen LogP contribution in [0.5, 0.6) is 0 Å². The summed E-state index contributed by atoms with van der Waals surface area (Å²) < 4.78 is 4.33. The molecule has 0 aromatic carbocycles. The minimum Gasteiger partial charge on any atom is -0.432 e. The zero-order chi connectivity index (χ0) is 10.1. The van der Waals surface area contributed by atoms with E-state index < -0.39 is 5.97 Å². The number of rotatable bonds is 2. The third kappa shape index (κ3) is 24.7. The highest BCUT2D eigenvalue weighted by atomic mass is 35.5. The van der Waals surface area contributed by atoms with Gasteiger partial charge in [0.25, 0.3) is 0 Å². The summed E-state index contributed by atoms with van der Waals surface area (Å²) in [7, 11) is 6.00. The molecule has 0 heterocycles. The zero-order valence-corrected chi connectivity index (χ0v) is 9.48. The number of hydrogen-bond donors (Lipinski definition) is 0.